The SMILES string of the molecule is CCc1cc(=O)[nH]c(-c2cccc(NC(=O)C3(c4ccccc4)CCOCC3)c2)n1. The van der Waals surface area contributed by atoms with Crippen molar-refractivity contribution in [2.24, 2.45) is 0 Å². The average Bonchev–Trinajstić information content (AvgIpc) is 2.80. The van der Waals surface area contributed by atoms with Gasteiger partial charge in [0.05, 0.1) is 5.41 Å². The molecule has 1 fully saturated rings. The number of carbonyl (C=O) groups excluding carboxylic acids is 1. The Balaban J connectivity index is 1.64. The lowest BCUT2D eigenvalue weighted by atomic mass is 9.73. The molecule has 2 heterocycles. The second kappa shape index (κ2) is 8.63. The first-order valence-corrected chi connectivity index (χ1v) is 10.3. The van der Waals surface area contributed by atoms with Crippen molar-refractivity contribution in [2.75, 3.05) is 18.5 Å². The number of aromatic amines is 1. The van der Waals surface area contributed by atoms with Gasteiger partial charge >= 0.3 is 0 Å². The van der Waals surface area contributed by atoms with E-state index >= 15 is 0 Å². The van der Waals surface area contributed by atoms with Crippen molar-refractivity contribution < 1.29 is 9.53 Å². The molecule has 1 saturated heterocycles. The van der Waals surface area contributed by atoms with Crippen LogP contribution >= 0.6 is 0 Å². The third-order valence-electron chi connectivity index (χ3n) is 5.66. The maximum absolute atomic E-state index is 13.5. The Hall–Kier alpha value is -3.25. The van der Waals surface area contributed by atoms with Crippen LogP contribution in [-0.4, -0.2) is 29.1 Å². The van der Waals surface area contributed by atoms with Crippen molar-refractivity contribution in [3.8, 4) is 11.4 Å². The molecule has 2 aromatic carbocycles. The fraction of sp³-hybridized carbons (Fsp3) is 0.292. The van der Waals surface area contributed by atoms with Crippen molar-refractivity contribution >= 4 is 11.6 Å². The Kier molecular flexibility index (Phi) is 5.77. The Labute approximate surface area is 175 Å². The summed E-state index contributed by atoms with van der Waals surface area (Å²) in [7, 11) is 0. The van der Waals surface area contributed by atoms with Crippen LogP contribution in [0.15, 0.2) is 65.5 Å². The third-order valence-corrected chi connectivity index (χ3v) is 5.66. The number of nitrogens with zero attached hydrogens (tertiary/aromatic N) is 1. The molecule has 0 radical (unpaired) electrons. The van der Waals surface area contributed by atoms with Gasteiger partial charge in [0.25, 0.3) is 5.56 Å². The molecule has 1 aliphatic heterocycles. The number of hydrogen-bond donors (Lipinski definition) is 2. The molecule has 0 aliphatic carbocycles. The van der Waals surface area contributed by atoms with Gasteiger partial charge in [-0.15, -0.1) is 0 Å². The predicted molar refractivity (Wildman–Crippen MR) is 116 cm³/mol. The van der Waals surface area contributed by atoms with Gasteiger partial charge in [-0.1, -0.05) is 49.4 Å². The zero-order chi connectivity index (χ0) is 21.0. The van der Waals surface area contributed by atoms with Crippen LogP contribution in [0.2, 0.25) is 0 Å². The van der Waals surface area contributed by atoms with E-state index in [1.807, 2.05) is 61.5 Å². The molecule has 154 valence electrons. The van der Waals surface area contributed by atoms with Crippen molar-refractivity contribution in [2.45, 2.75) is 31.6 Å². The number of benzene rings is 2. The highest BCUT2D eigenvalue weighted by atomic mass is 16.5. The van der Waals surface area contributed by atoms with Gasteiger partial charge in [0.1, 0.15) is 5.82 Å². The summed E-state index contributed by atoms with van der Waals surface area (Å²) in [5.41, 5.74) is 2.35. The van der Waals surface area contributed by atoms with Gasteiger partial charge in [-0.3, -0.25) is 9.59 Å². The largest absolute Gasteiger partial charge is 0.381 e. The van der Waals surface area contributed by atoms with Crippen LogP contribution in [-0.2, 0) is 21.4 Å². The van der Waals surface area contributed by atoms with Crippen molar-refractivity contribution in [3.63, 3.8) is 0 Å². The first-order chi connectivity index (χ1) is 14.6. The van der Waals surface area contributed by atoms with E-state index in [4.69, 9.17) is 4.74 Å². The monoisotopic (exact) mass is 403 g/mol. The number of carbonyl (C=O) groups is 1. The van der Waals surface area contributed by atoms with Gasteiger partial charge in [-0.25, -0.2) is 4.98 Å². The molecule has 30 heavy (non-hydrogen) atoms. The summed E-state index contributed by atoms with van der Waals surface area (Å²) in [6.07, 6.45) is 1.95. The molecule has 6 heteroatoms. The van der Waals surface area contributed by atoms with Crippen molar-refractivity contribution in [1.82, 2.24) is 9.97 Å². The first kappa shape index (κ1) is 20.0. The smallest absolute Gasteiger partial charge is 0.251 e. The quantitative estimate of drug-likeness (QED) is 0.681. The maximum Gasteiger partial charge on any atom is 0.251 e. The van der Waals surface area contributed by atoms with E-state index in [0.29, 0.717) is 44.0 Å². The Bertz CT molecular complexity index is 1090. The highest BCUT2D eigenvalue weighted by Crippen LogP contribution is 2.36. The van der Waals surface area contributed by atoms with E-state index in [1.54, 1.807) is 0 Å². The summed E-state index contributed by atoms with van der Waals surface area (Å²) in [5, 5.41) is 3.09. The van der Waals surface area contributed by atoms with Crippen LogP contribution in [0, 0.1) is 0 Å². The van der Waals surface area contributed by atoms with E-state index in [0.717, 1.165) is 16.8 Å². The van der Waals surface area contributed by atoms with E-state index in [9.17, 15) is 9.59 Å². The van der Waals surface area contributed by atoms with Gasteiger partial charge in [-0.05, 0) is 37.0 Å². The topological polar surface area (TPSA) is 84.1 Å². The Morgan fingerprint density at radius 1 is 1.10 bits per heavy atom. The van der Waals surface area contributed by atoms with Gasteiger partial charge < -0.3 is 15.0 Å². The number of hydrogen-bond acceptors (Lipinski definition) is 4. The van der Waals surface area contributed by atoms with Crippen LogP contribution in [0.5, 0.6) is 0 Å². The lowest BCUT2D eigenvalue weighted by Gasteiger charge is -2.36. The number of aryl methyl sites for hydroxylation is 1. The molecular formula is C24H25N3O3. The Morgan fingerprint density at radius 3 is 2.60 bits per heavy atom. The van der Waals surface area contributed by atoms with E-state index < -0.39 is 5.41 Å². The minimum atomic E-state index is -0.621. The highest BCUT2D eigenvalue weighted by Gasteiger charge is 2.41. The number of H-pyrrole nitrogens is 1. The Morgan fingerprint density at radius 2 is 1.87 bits per heavy atom. The van der Waals surface area contributed by atoms with E-state index in [2.05, 4.69) is 15.3 Å². The molecule has 4 rings (SSSR count). The van der Waals surface area contributed by atoms with Crippen LogP contribution in [0.4, 0.5) is 5.69 Å². The molecule has 0 bridgehead atoms. The molecule has 1 aromatic heterocycles. The fourth-order valence-corrected chi connectivity index (χ4v) is 3.94. The molecule has 0 saturated carbocycles. The zero-order valence-corrected chi connectivity index (χ0v) is 17.0. The molecular weight excluding hydrogens is 378 g/mol. The first-order valence-electron chi connectivity index (χ1n) is 10.3. The van der Waals surface area contributed by atoms with Gasteiger partial charge in [0, 0.05) is 36.2 Å². The third kappa shape index (κ3) is 4.04. The number of nitrogens with one attached hydrogen (secondary N) is 2. The lowest BCUT2D eigenvalue weighted by molar-refractivity contribution is -0.125. The normalized spacial score (nSPS) is 15.5. The van der Waals surface area contributed by atoms with Crippen LogP contribution in [0.25, 0.3) is 11.4 Å². The number of rotatable bonds is 5. The van der Waals surface area contributed by atoms with Crippen LogP contribution in [0.3, 0.4) is 0 Å². The molecule has 3 aromatic rings. The molecule has 1 amide bonds. The summed E-state index contributed by atoms with van der Waals surface area (Å²) in [5.74, 6) is 0.456. The summed E-state index contributed by atoms with van der Waals surface area (Å²) < 4.78 is 5.53. The standard InChI is InChI=1S/C24H25N3O3/c1-2-19-16-21(28)27-22(25-19)17-7-6-10-20(15-17)26-23(29)24(11-13-30-14-12-24)18-8-4-3-5-9-18/h3-10,15-16H,2,11-14H2,1H3,(H,26,29)(H,25,27,28). The molecule has 1 aliphatic rings. The van der Waals surface area contributed by atoms with Crippen molar-refractivity contribution in [3.05, 3.63) is 82.3 Å². The number of anilines is 1. The number of aromatic nitrogens is 2. The number of ether oxygens (including phenoxy) is 1. The second-order valence-electron chi connectivity index (χ2n) is 7.53. The van der Waals surface area contributed by atoms with Gasteiger partial charge in [0.15, 0.2) is 0 Å². The van der Waals surface area contributed by atoms with E-state index in [-0.39, 0.29) is 11.5 Å². The molecule has 0 spiro atoms. The number of amides is 1. The highest BCUT2D eigenvalue weighted by molar-refractivity contribution is 5.99. The minimum absolute atomic E-state index is 0.0436. The predicted octanol–water partition coefficient (Wildman–Crippen LogP) is 3.69. The average molecular weight is 403 g/mol. The lowest BCUT2D eigenvalue weighted by Crippen LogP contribution is -2.44. The van der Waals surface area contributed by atoms with E-state index in [1.165, 1.54) is 6.07 Å². The minimum Gasteiger partial charge on any atom is -0.381 e. The maximum atomic E-state index is 13.5. The second-order valence-corrected chi connectivity index (χ2v) is 7.53. The molecule has 6 nitrogen and oxygen atoms in total. The zero-order valence-electron chi connectivity index (χ0n) is 17.0. The van der Waals surface area contributed by atoms with Crippen LogP contribution < -0.4 is 10.9 Å². The summed E-state index contributed by atoms with van der Waals surface area (Å²) >= 11 is 0. The summed E-state index contributed by atoms with van der Waals surface area (Å²) in [4.78, 5) is 32.7. The van der Waals surface area contributed by atoms with Gasteiger partial charge in [0.2, 0.25) is 5.91 Å². The molecule has 0 unspecified atom stereocenters. The van der Waals surface area contributed by atoms with Crippen LogP contribution in [0.1, 0.15) is 31.0 Å². The van der Waals surface area contributed by atoms with Crippen molar-refractivity contribution in [1.29, 1.82) is 0 Å². The fourth-order valence-electron chi connectivity index (χ4n) is 3.94. The summed E-state index contributed by atoms with van der Waals surface area (Å²) in [6, 6.07) is 18.8. The molecule has 0 atom stereocenters. The summed E-state index contributed by atoms with van der Waals surface area (Å²) in [6.45, 7) is 3.06. The molecule has 2 N–H and O–H groups in total. The van der Waals surface area contributed by atoms with Gasteiger partial charge in [-0.2, -0.15) is 0 Å².